The second-order valence-corrected chi connectivity index (χ2v) is 12.8. The van der Waals surface area contributed by atoms with Crippen LogP contribution in [0, 0.1) is 11.8 Å². The van der Waals surface area contributed by atoms with Crippen molar-refractivity contribution in [2.24, 2.45) is 11.8 Å². The topological polar surface area (TPSA) is 109 Å². The van der Waals surface area contributed by atoms with Gasteiger partial charge in [0.05, 0.1) is 34.8 Å². The Hall–Kier alpha value is -3.59. The van der Waals surface area contributed by atoms with Gasteiger partial charge in [-0.05, 0) is 56.1 Å². The molecular weight excluding hydrogens is 640 g/mol. The Kier molecular flexibility index (Phi) is 8.59. The number of carbonyl (C=O) groups is 2. The van der Waals surface area contributed by atoms with E-state index in [1.807, 2.05) is 4.90 Å². The minimum Gasteiger partial charge on any atom is -0.382 e. The van der Waals surface area contributed by atoms with E-state index in [1.54, 1.807) is 12.1 Å². The van der Waals surface area contributed by atoms with Gasteiger partial charge >= 0.3 is 6.18 Å². The molecular formula is C30H32ClF6N7O2. The number of likely N-dealkylation sites (tertiary alicyclic amines) is 2. The fourth-order valence-corrected chi connectivity index (χ4v) is 6.94. The summed E-state index contributed by atoms with van der Waals surface area (Å²) in [6, 6.07) is 5.37. The molecule has 16 heteroatoms. The van der Waals surface area contributed by atoms with Crippen LogP contribution in [0.5, 0.6) is 0 Å². The van der Waals surface area contributed by atoms with Crippen molar-refractivity contribution in [1.29, 1.82) is 0 Å². The number of nitrogens with two attached hydrogens (primary N) is 1. The summed E-state index contributed by atoms with van der Waals surface area (Å²) in [6.07, 6.45) is -5.51. The van der Waals surface area contributed by atoms with Crippen LogP contribution < -0.4 is 11.1 Å². The monoisotopic (exact) mass is 671 g/mol. The van der Waals surface area contributed by atoms with Crippen molar-refractivity contribution in [3.8, 4) is 11.3 Å². The number of halogens is 7. The summed E-state index contributed by atoms with van der Waals surface area (Å²) in [5.41, 5.74) is 8.42. The Morgan fingerprint density at radius 3 is 2.52 bits per heavy atom. The van der Waals surface area contributed by atoms with Gasteiger partial charge in [-0.3, -0.25) is 14.5 Å². The predicted octanol–water partition coefficient (Wildman–Crippen LogP) is 5.12. The molecule has 3 N–H and O–H groups in total. The van der Waals surface area contributed by atoms with Crippen LogP contribution in [-0.2, 0) is 11.3 Å². The average Bonchev–Trinajstić information content (AvgIpc) is 3.67. The lowest BCUT2D eigenvalue weighted by Crippen LogP contribution is -2.42. The summed E-state index contributed by atoms with van der Waals surface area (Å²) < 4.78 is 83.3. The molecule has 1 aromatic carbocycles. The molecule has 3 aromatic rings. The highest BCUT2D eigenvalue weighted by Gasteiger charge is 2.46. The maximum absolute atomic E-state index is 15.0. The summed E-state index contributed by atoms with van der Waals surface area (Å²) in [7, 11) is 0. The first-order valence-corrected chi connectivity index (χ1v) is 15.4. The van der Waals surface area contributed by atoms with E-state index in [4.69, 9.17) is 17.3 Å². The van der Waals surface area contributed by atoms with Crippen molar-refractivity contribution in [3.63, 3.8) is 0 Å². The number of nitrogens with one attached hydrogen (secondary N) is 1. The molecule has 1 saturated carbocycles. The van der Waals surface area contributed by atoms with Crippen LogP contribution in [0.2, 0.25) is 5.02 Å². The Bertz CT molecular complexity index is 1640. The fraction of sp³-hybridized carbons (Fsp3) is 0.533. The van der Waals surface area contributed by atoms with Crippen molar-refractivity contribution in [2.45, 2.75) is 63.0 Å². The number of alkyl halides is 6. The summed E-state index contributed by atoms with van der Waals surface area (Å²) in [4.78, 5) is 33.3. The number of hydrogen-bond acceptors (Lipinski definition) is 6. The molecule has 4 heterocycles. The van der Waals surface area contributed by atoms with E-state index in [9.17, 15) is 35.9 Å². The molecule has 2 aliphatic heterocycles. The minimum absolute atomic E-state index is 0.00699. The Morgan fingerprint density at radius 1 is 1.11 bits per heavy atom. The van der Waals surface area contributed by atoms with Crippen LogP contribution in [0.15, 0.2) is 30.6 Å². The number of rotatable bonds is 6. The number of piperidine rings is 1. The second-order valence-electron chi connectivity index (χ2n) is 12.4. The maximum Gasteiger partial charge on any atom is 0.391 e. The van der Waals surface area contributed by atoms with Gasteiger partial charge in [0.25, 0.3) is 5.91 Å². The Morgan fingerprint density at radius 2 is 1.85 bits per heavy atom. The van der Waals surface area contributed by atoms with Crippen LogP contribution in [0.25, 0.3) is 16.8 Å². The zero-order valence-corrected chi connectivity index (χ0v) is 25.3. The van der Waals surface area contributed by atoms with Gasteiger partial charge < -0.3 is 16.0 Å². The van der Waals surface area contributed by atoms with E-state index in [0.717, 1.165) is 0 Å². The Labute approximate surface area is 265 Å². The standard InChI is InChI=1S/C30H32ClF6N7O2/c31-21-2-1-16(9-20(21)27(45)41-23-14-43(13-22(23)32)28(46)17-3-6-29(33,34)11-17)24-10-18(25-26(38)39-15-40-44(24)25)12-42-7-4-19(5-8-42)30(35,36)37/h1-2,9-10,15,17,19,22-23H,3-8,11-14H2,(H,41,45)(H2,38,39,40)/t17?,22-,23+/m0/s1. The molecule has 1 unspecified atom stereocenters. The molecule has 0 bridgehead atoms. The molecule has 6 rings (SSSR count). The van der Waals surface area contributed by atoms with E-state index in [2.05, 4.69) is 15.4 Å². The summed E-state index contributed by atoms with van der Waals surface area (Å²) in [5, 5.41) is 7.00. The molecule has 3 atom stereocenters. The molecule has 3 fully saturated rings. The van der Waals surface area contributed by atoms with Gasteiger partial charge in [0.1, 0.15) is 18.0 Å². The maximum atomic E-state index is 15.0. The number of nitrogens with zero attached hydrogens (tertiary/aromatic N) is 5. The second kappa shape index (κ2) is 12.2. The number of aromatic nitrogens is 3. The summed E-state index contributed by atoms with van der Waals surface area (Å²) in [6.45, 7) is 0.340. The third-order valence-electron chi connectivity index (χ3n) is 9.24. The highest BCUT2D eigenvalue weighted by atomic mass is 35.5. The van der Waals surface area contributed by atoms with Crippen molar-refractivity contribution in [2.75, 3.05) is 31.9 Å². The van der Waals surface area contributed by atoms with Crippen LogP contribution in [-0.4, -0.2) is 86.7 Å². The van der Waals surface area contributed by atoms with Gasteiger partial charge in [-0.2, -0.15) is 18.3 Å². The number of fused-ring (bicyclic) bond motifs is 1. The Balaban J connectivity index is 1.19. The van der Waals surface area contributed by atoms with Crippen molar-refractivity contribution >= 4 is 34.7 Å². The van der Waals surface area contributed by atoms with Crippen LogP contribution in [0.4, 0.5) is 32.2 Å². The lowest BCUT2D eigenvalue weighted by Gasteiger charge is -2.32. The van der Waals surface area contributed by atoms with Crippen LogP contribution in [0.3, 0.4) is 0 Å². The van der Waals surface area contributed by atoms with Crippen molar-refractivity contribution < 1.29 is 35.9 Å². The summed E-state index contributed by atoms with van der Waals surface area (Å²) in [5.74, 6) is -6.19. The van der Waals surface area contributed by atoms with E-state index in [1.165, 1.54) is 27.9 Å². The van der Waals surface area contributed by atoms with E-state index < -0.39 is 54.4 Å². The van der Waals surface area contributed by atoms with E-state index >= 15 is 0 Å². The molecule has 0 radical (unpaired) electrons. The van der Waals surface area contributed by atoms with E-state index in [0.29, 0.717) is 28.9 Å². The van der Waals surface area contributed by atoms with Crippen LogP contribution >= 0.6 is 11.6 Å². The highest BCUT2D eigenvalue weighted by molar-refractivity contribution is 6.34. The van der Waals surface area contributed by atoms with Gasteiger partial charge in [0.2, 0.25) is 11.8 Å². The smallest absolute Gasteiger partial charge is 0.382 e. The van der Waals surface area contributed by atoms with Crippen molar-refractivity contribution in [1.82, 2.24) is 29.7 Å². The third kappa shape index (κ3) is 6.48. The van der Waals surface area contributed by atoms with Gasteiger partial charge in [-0.1, -0.05) is 17.7 Å². The first-order chi connectivity index (χ1) is 21.7. The van der Waals surface area contributed by atoms with Gasteiger partial charge in [0.15, 0.2) is 5.82 Å². The number of benzene rings is 1. The molecule has 46 heavy (non-hydrogen) atoms. The first-order valence-electron chi connectivity index (χ1n) is 15.0. The van der Waals surface area contributed by atoms with Crippen molar-refractivity contribution in [3.05, 3.63) is 46.7 Å². The SMILES string of the molecule is Nc1ncnn2c(-c3ccc(Cl)c(C(=O)N[C@@H]4CN(C(=O)C5CCC(F)(F)C5)C[C@@H]4F)c3)cc(CN3CCC(C(F)(F)F)CC3)c12. The quantitative estimate of drug-likeness (QED) is 0.353. The molecule has 248 valence electrons. The fourth-order valence-electron chi connectivity index (χ4n) is 6.73. The minimum atomic E-state index is -4.23. The largest absolute Gasteiger partial charge is 0.391 e. The zero-order valence-electron chi connectivity index (χ0n) is 24.5. The number of nitrogen functional groups attached to an aromatic ring is 1. The number of hydrogen-bond donors (Lipinski definition) is 2. The molecule has 2 saturated heterocycles. The number of amides is 2. The summed E-state index contributed by atoms with van der Waals surface area (Å²) >= 11 is 6.38. The van der Waals surface area contributed by atoms with Gasteiger partial charge in [0, 0.05) is 37.4 Å². The highest BCUT2D eigenvalue weighted by Crippen LogP contribution is 2.40. The third-order valence-corrected chi connectivity index (χ3v) is 9.57. The molecule has 3 aliphatic rings. The van der Waals surface area contributed by atoms with Crippen LogP contribution in [0.1, 0.15) is 48.0 Å². The number of anilines is 1. The zero-order chi connectivity index (χ0) is 33.0. The van der Waals surface area contributed by atoms with Gasteiger partial charge in [-0.15, -0.1) is 0 Å². The normalized spacial score (nSPS) is 24.2. The first kappa shape index (κ1) is 32.4. The van der Waals surface area contributed by atoms with Gasteiger partial charge in [-0.25, -0.2) is 22.7 Å². The lowest BCUT2D eigenvalue weighted by atomic mass is 9.96. The number of carbonyl (C=O) groups excluding carboxylic acids is 2. The predicted molar refractivity (Wildman–Crippen MR) is 157 cm³/mol. The molecule has 9 nitrogen and oxygen atoms in total. The van der Waals surface area contributed by atoms with E-state index in [-0.39, 0.29) is 68.3 Å². The molecule has 0 spiro atoms. The molecule has 2 amide bonds. The average molecular weight is 672 g/mol. The molecule has 1 aliphatic carbocycles. The lowest BCUT2D eigenvalue weighted by molar-refractivity contribution is -0.185. The molecule has 2 aromatic heterocycles.